The van der Waals surface area contributed by atoms with Crippen LogP contribution < -0.4 is 10.0 Å². The first-order valence-corrected chi connectivity index (χ1v) is 12.2. The van der Waals surface area contributed by atoms with Crippen molar-refractivity contribution < 1.29 is 8.42 Å². The Morgan fingerprint density at radius 3 is 2.18 bits per heavy atom. The Balaban J connectivity index is 1.53. The third-order valence-corrected chi connectivity index (χ3v) is 6.96. The summed E-state index contributed by atoms with van der Waals surface area (Å²) >= 11 is 11.9. The van der Waals surface area contributed by atoms with Gasteiger partial charge < -0.3 is 5.32 Å². The number of aromatic nitrogens is 3. The summed E-state index contributed by atoms with van der Waals surface area (Å²) < 4.78 is 29.7. The summed E-state index contributed by atoms with van der Waals surface area (Å²) in [7, 11) is -3.89. The number of sulfonamides is 1. The minimum atomic E-state index is -3.89. The summed E-state index contributed by atoms with van der Waals surface area (Å²) in [5.41, 5.74) is 2.73. The van der Waals surface area contributed by atoms with Gasteiger partial charge in [0, 0.05) is 15.7 Å². The maximum atomic E-state index is 12.8. The predicted molar refractivity (Wildman–Crippen MR) is 130 cm³/mol. The maximum absolute atomic E-state index is 12.8. The highest BCUT2D eigenvalue weighted by Gasteiger charge is 2.27. The van der Waals surface area contributed by atoms with Crippen molar-refractivity contribution in [3.05, 3.63) is 106 Å². The highest BCUT2D eigenvalue weighted by atomic mass is 35.5. The highest BCUT2D eigenvalue weighted by molar-refractivity contribution is 7.92. The number of halogens is 2. The van der Waals surface area contributed by atoms with Crippen LogP contribution in [0.3, 0.4) is 0 Å². The van der Waals surface area contributed by atoms with E-state index in [9.17, 15) is 8.42 Å². The van der Waals surface area contributed by atoms with Crippen molar-refractivity contribution in [2.45, 2.75) is 10.9 Å². The minimum absolute atomic E-state index is 0.0471. The van der Waals surface area contributed by atoms with Gasteiger partial charge >= 0.3 is 0 Å². The predicted octanol–water partition coefficient (Wildman–Crippen LogP) is 5.44. The number of fused-ring (bicyclic) bond motifs is 1. The first-order chi connectivity index (χ1) is 15.9. The summed E-state index contributed by atoms with van der Waals surface area (Å²) in [6, 6.07) is 22.7. The van der Waals surface area contributed by atoms with Gasteiger partial charge in [0.15, 0.2) is 0 Å². The third-order valence-electron chi connectivity index (χ3n) is 5.11. The van der Waals surface area contributed by atoms with Crippen LogP contribution in [0.2, 0.25) is 10.0 Å². The number of nitrogens with zero attached hydrogens (tertiary/aromatic N) is 3. The van der Waals surface area contributed by atoms with E-state index in [4.69, 9.17) is 23.2 Å². The number of allylic oxidation sites excluding steroid dienone is 1. The molecule has 1 atom stereocenters. The molecule has 4 aromatic rings. The van der Waals surface area contributed by atoms with E-state index in [-0.39, 0.29) is 16.9 Å². The molecule has 0 saturated carbocycles. The molecule has 0 saturated heterocycles. The molecule has 166 valence electrons. The zero-order valence-corrected chi connectivity index (χ0v) is 19.3. The van der Waals surface area contributed by atoms with E-state index in [0.717, 1.165) is 16.8 Å². The van der Waals surface area contributed by atoms with Crippen LogP contribution in [0.15, 0.2) is 89.8 Å². The van der Waals surface area contributed by atoms with E-state index in [1.165, 1.54) is 24.3 Å². The monoisotopic (exact) mass is 497 g/mol. The van der Waals surface area contributed by atoms with Gasteiger partial charge in [0.25, 0.3) is 16.0 Å². The highest BCUT2D eigenvalue weighted by Crippen LogP contribution is 2.34. The van der Waals surface area contributed by atoms with E-state index < -0.39 is 10.0 Å². The average molecular weight is 498 g/mol. The molecule has 1 unspecified atom stereocenters. The second kappa shape index (κ2) is 8.55. The lowest BCUT2D eigenvalue weighted by atomic mass is 10.0. The quantitative estimate of drug-likeness (QED) is 0.383. The van der Waals surface area contributed by atoms with Crippen molar-refractivity contribution >= 4 is 50.8 Å². The minimum Gasteiger partial charge on any atom is -0.324 e. The van der Waals surface area contributed by atoms with Gasteiger partial charge in [-0.3, -0.25) is 0 Å². The second-order valence-corrected chi connectivity index (χ2v) is 9.89. The molecule has 5 rings (SSSR count). The van der Waals surface area contributed by atoms with E-state index in [2.05, 4.69) is 20.1 Å². The smallest absolute Gasteiger partial charge is 0.264 e. The molecule has 2 N–H and O–H groups in total. The Morgan fingerprint density at radius 1 is 0.879 bits per heavy atom. The van der Waals surface area contributed by atoms with Gasteiger partial charge in [-0.05, 0) is 53.6 Å². The van der Waals surface area contributed by atoms with Crippen molar-refractivity contribution in [3.8, 4) is 0 Å². The van der Waals surface area contributed by atoms with Crippen LogP contribution in [-0.4, -0.2) is 23.2 Å². The molecule has 1 aromatic heterocycles. The lowest BCUT2D eigenvalue weighted by Crippen LogP contribution is -2.20. The largest absolute Gasteiger partial charge is 0.324 e. The summed E-state index contributed by atoms with van der Waals surface area (Å²) in [5.74, 6) is 0.360. The summed E-state index contributed by atoms with van der Waals surface area (Å²) in [4.78, 5) is 4.47. The Hall–Kier alpha value is -3.33. The fourth-order valence-corrected chi connectivity index (χ4v) is 4.70. The fraction of sp³-hybridized carbons (Fsp3) is 0.0435. The van der Waals surface area contributed by atoms with Gasteiger partial charge in [0.2, 0.25) is 5.95 Å². The number of hydrogen-bond acceptors (Lipinski definition) is 5. The van der Waals surface area contributed by atoms with Crippen LogP contribution in [0.5, 0.6) is 0 Å². The van der Waals surface area contributed by atoms with Crippen LogP contribution in [0.1, 0.15) is 17.2 Å². The molecule has 7 nitrogen and oxygen atoms in total. The first kappa shape index (κ1) is 21.5. The molecule has 33 heavy (non-hydrogen) atoms. The molecule has 0 amide bonds. The fourth-order valence-electron chi connectivity index (χ4n) is 3.51. The van der Waals surface area contributed by atoms with Gasteiger partial charge in [0.05, 0.1) is 4.90 Å². The van der Waals surface area contributed by atoms with Gasteiger partial charge in [-0.25, -0.2) is 17.8 Å². The molecule has 1 aliphatic heterocycles. The van der Waals surface area contributed by atoms with Crippen LogP contribution in [0.4, 0.5) is 11.9 Å². The molecule has 0 fully saturated rings. The summed E-state index contributed by atoms with van der Waals surface area (Å²) in [6.45, 7) is 0. The molecule has 0 aliphatic carbocycles. The van der Waals surface area contributed by atoms with Gasteiger partial charge in [-0.2, -0.15) is 4.98 Å². The molecular formula is C23H17Cl2N5O2S. The van der Waals surface area contributed by atoms with Crippen LogP contribution in [-0.2, 0) is 10.0 Å². The standard InChI is InChI=1S/C23H17Cl2N5O2S/c24-17-8-6-16(7-9-17)21-14-20(15-4-2-1-3-5-15)26-23-27-22(28-30(21)23)29-33(31,32)19-12-10-18(25)11-13-19/h1-14,21H,(H2,26,27,28,29). The average Bonchev–Trinajstić information content (AvgIpc) is 3.21. The van der Waals surface area contributed by atoms with E-state index in [1.54, 1.807) is 16.8 Å². The topological polar surface area (TPSA) is 88.9 Å². The normalized spacial score (nSPS) is 15.3. The SMILES string of the molecule is O=S(=O)(Nc1nc2n(n1)C(c1ccc(Cl)cc1)C=C(c1ccccc1)N2)c1ccc(Cl)cc1. The lowest BCUT2D eigenvalue weighted by molar-refractivity contribution is 0.598. The second-order valence-electron chi connectivity index (χ2n) is 7.33. The molecule has 0 radical (unpaired) electrons. The number of nitrogens with one attached hydrogen (secondary N) is 2. The van der Waals surface area contributed by atoms with Crippen molar-refractivity contribution in [2.75, 3.05) is 10.0 Å². The zero-order chi connectivity index (χ0) is 23.0. The number of benzene rings is 3. The van der Waals surface area contributed by atoms with Crippen LogP contribution in [0.25, 0.3) is 5.70 Å². The first-order valence-electron chi connectivity index (χ1n) is 9.94. The molecule has 0 spiro atoms. The van der Waals surface area contributed by atoms with E-state index in [0.29, 0.717) is 16.0 Å². The Morgan fingerprint density at radius 2 is 1.52 bits per heavy atom. The molecule has 0 bridgehead atoms. The molecular weight excluding hydrogens is 481 g/mol. The molecule has 2 heterocycles. The summed E-state index contributed by atoms with van der Waals surface area (Å²) in [5, 5.41) is 8.75. The third kappa shape index (κ3) is 4.45. The van der Waals surface area contributed by atoms with Crippen molar-refractivity contribution in [1.29, 1.82) is 0 Å². The molecule has 3 aromatic carbocycles. The van der Waals surface area contributed by atoms with Gasteiger partial charge in [0.1, 0.15) is 6.04 Å². The van der Waals surface area contributed by atoms with Crippen molar-refractivity contribution in [2.24, 2.45) is 0 Å². The summed E-state index contributed by atoms with van der Waals surface area (Å²) in [6.07, 6.45) is 2.01. The Labute approximate surface area is 200 Å². The molecule has 1 aliphatic rings. The molecule has 10 heteroatoms. The van der Waals surface area contributed by atoms with Crippen molar-refractivity contribution in [3.63, 3.8) is 0 Å². The van der Waals surface area contributed by atoms with Crippen LogP contribution in [0, 0.1) is 0 Å². The number of hydrogen-bond donors (Lipinski definition) is 2. The zero-order valence-electron chi connectivity index (χ0n) is 17.0. The Bertz CT molecular complexity index is 1430. The van der Waals surface area contributed by atoms with Gasteiger partial charge in [-0.1, -0.05) is 65.7 Å². The Kier molecular flexibility index (Phi) is 5.57. The maximum Gasteiger partial charge on any atom is 0.264 e. The van der Waals surface area contributed by atoms with Crippen LogP contribution >= 0.6 is 23.2 Å². The van der Waals surface area contributed by atoms with E-state index >= 15 is 0 Å². The van der Waals surface area contributed by atoms with Gasteiger partial charge in [-0.15, -0.1) is 5.10 Å². The number of rotatable bonds is 5. The lowest BCUT2D eigenvalue weighted by Gasteiger charge is -2.24. The van der Waals surface area contributed by atoms with E-state index in [1.807, 2.05) is 48.5 Å². The number of anilines is 2. The van der Waals surface area contributed by atoms with Crippen molar-refractivity contribution in [1.82, 2.24) is 14.8 Å².